The lowest BCUT2D eigenvalue weighted by molar-refractivity contribution is -0.138. The van der Waals surface area contributed by atoms with E-state index in [0.717, 1.165) is 19.3 Å². The van der Waals surface area contributed by atoms with E-state index in [2.05, 4.69) is 12.2 Å². The zero-order chi connectivity index (χ0) is 24.9. The predicted molar refractivity (Wildman–Crippen MR) is 140 cm³/mol. The highest BCUT2D eigenvalue weighted by Gasteiger charge is 2.44. The second kappa shape index (κ2) is 14.4. The molecule has 0 aromatic heterocycles. The van der Waals surface area contributed by atoms with Crippen LogP contribution in [-0.4, -0.2) is 41.0 Å². The van der Waals surface area contributed by atoms with E-state index in [1.54, 1.807) is 48.5 Å². The van der Waals surface area contributed by atoms with E-state index < -0.39 is 23.7 Å². The van der Waals surface area contributed by atoms with Crippen LogP contribution in [0.3, 0.4) is 0 Å². The third-order valence-electron chi connectivity index (χ3n) is 7.15. The summed E-state index contributed by atoms with van der Waals surface area (Å²) < 4.78 is 5.84. The molecule has 35 heavy (non-hydrogen) atoms. The molecule has 1 heterocycles. The number of carbonyl (C=O) groups is 1. The molecule has 1 aliphatic heterocycles. The molecule has 0 saturated carbocycles. The average molecular weight is 482 g/mol. The Morgan fingerprint density at radius 1 is 0.857 bits per heavy atom. The van der Waals surface area contributed by atoms with Gasteiger partial charge in [0.15, 0.2) is 5.60 Å². The molecule has 1 saturated heterocycles. The van der Waals surface area contributed by atoms with Gasteiger partial charge >= 0.3 is 0 Å². The van der Waals surface area contributed by atoms with Gasteiger partial charge in [0.25, 0.3) is 5.91 Å². The Kier molecular flexibility index (Phi) is 11.2. The smallest absolute Gasteiger partial charge is 0.261 e. The molecular formula is C30H43NO4. The van der Waals surface area contributed by atoms with Crippen LogP contribution in [0.15, 0.2) is 60.7 Å². The number of ether oxygens (including phenoxy) is 1. The van der Waals surface area contributed by atoms with Crippen LogP contribution in [0.5, 0.6) is 0 Å². The Hall–Kier alpha value is -2.21. The lowest BCUT2D eigenvalue weighted by Crippen LogP contribution is -2.52. The molecule has 3 rings (SSSR count). The van der Waals surface area contributed by atoms with Crippen molar-refractivity contribution >= 4 is 5.91 Å². The third kappa shape index (κ3) is 7.63. The molecule has 1 aliphatic rings. The van der Waals surface area contributed by atoms with Crippen molar-refractivity contribution in [3.8, 4) is 0 Å². The van der Waals surface area contributed by atoms with Crippen molar-refractivity contribution in [2.75, 3.05) is 6.61 Å². The Bertz CT molecular complexity index is 818. The molecule has 0 bridgehead atoms. The van der Waals surface area contributed by atoms with Crippen LogP contribution < -0.4 is 5.32 Å². The summed E-state index contributed by atoms with van der Waals surface area (Å²) in [5.74, 6) is -0.554. The molecule has 192 valence electrons. The van der Waals surface area contributed by atoms with Gasteiger partial charge in [-0.25, -0.2) is 0 Å². The first kappa shape index (κ1) is 27.4. The Morgan fingerprint density at radius 3 is 1.86 bits per heavy atom. The molecule has 0 spiro atoms. The summed E-state index contributed by atoms with van der Waals surface area (Å²) in [5, 5.41) is 25.3. The van der Waals surface area contributed by atoms with Gasteiger partial charge in [-0.3, -0.25) is 4.79 Å². The molecule has 3 N–H and O–H groups in total. The number of amides is 1. The van der Waals surface area contributed by atoms with Gasteiger partial charge in [-0.2, -0.15) is 0 Å². The molecule has 1 amide bonds. The van der Waals surface area contributed by atoms with Gasteiger partial charge in [0.05, 0.1) is 18.8 Å². The fourth-order valence-electron chi connectivity index (χ4n) is 4.96. The third-order valence-corrected chi connectivity index (χ3v) is 7.15. The minimum absolute atomic E-state index is 0.245. The van der Waals surface area contributed by atoms with E-state index in [9.17, 15) is 15.0 Å². The molecule has 5 nitrogen and oxygen atoms in total. The van der Waals surface area contributed by atoms with Crippen LogP contribution in [0, 0.1) is 0 Å². The number of unbranched alkanes of at least 4 members (excludes halogenated alkanes) is 9. The highest BCUT2D eigenvalue weighted by Crippen LogP contribution is 2.31. The molecule has 2 aromatic rings. The summed E-state index contributed by atoms with van der Waals surface area (Å²) >= 11 is 0. The predicted octanol–water partition coefficient (Wildman–Crippen LogP) is 5.48. The fraction of sp³-hybridized carbons (Fsp3) is 0.567. The number of hydrogen-bond donors (Lipinski definition) is 3. The summed E-state index contributed by atoms with van der Waals surface area (Å²) in [5.41, 5.74) is -0.880. The maximum atomic E-state index is 13.4. The van der Waals surface area contributed by atoms with Crippen LogP contribution in [0.2, 0.25) is 0 Å². The standard InChI is InChI=1S/C30H43NO4/c1-2-3-4-5-6-7-8-9-10-17-22-27-28(32)26(23-35-27)31-29(33)30(34,24-18-13-11-14-19-24)25-20-15-12-16-21-25/h11-16,18-21,26-28,32,34H,2-10,17,22-23H2,1H3,(H,31,33). The Labute approximate surface area is 210 Å². The Balaban J connectivity index is 1.46. The molecule has 5 heteroatoms. The number of aliphatic hydroxyl groups excluding tert-OH is 1. The van der Waals surface area contributed by atoms with Crippen molar-refractivity contribution in [2.45, 2.75) is 101 Å². The van der Waals surface area contributed by atoms with Crippen LogP contribution >= 0.6 is 0 Å². The van der Waals surface area contributed by atoms with E-state index in [4.69, 9.17) is 4.74 Å². The van der Waals surface area contributed by atoms with Crippen molar-refractivity contribution in [3.05, 3.63) is 71.8 Å². The van der Waals surface area contributed by atoms with Gasteiger partial charge in [-0.05, 0) is 17.5 Å². The van der Waals surface area contributed by atoms with E-state index in [1.165, 1.54) is 51.4 Å². The first-order chi connectivity index (χ1) is 17.1. The van der Waals surface area contributed by atoms with Crippen molar-refractivity contribution in [1.29, 1.82) is 0 Å². The SMILES string of the molecule is CCCCCCCCCCCCC1OCC(NC(=O)C(O)(c2ccccc2)c2ccccc2)C1O. The number of rotatable bonds is 15. The maximum Gasteiger partial charge on any atom is 0.261 e. The quantitative estimate of drug-likeness (QED) is 0.294. The van der Waals surface area contributed by atoms with Crippen LogP contribution in [0.25, 0.3) is 0 Å². The molecule has 3 atom stereocenters. The molecule has 1 fully saturated rings. The molecule has 3 unspecified atom stereocenters. The zero-order valence-electron chi connectivity index (χ0n) is 21.2. The summed E-state index contributed by atoms with van der Waals surface area (Å²) in [7, 11) is 0. The first-order valence-corrected chi connectivity index (χ1v) is 13.5. The molecule has 2 aromatic carbocycles. The van der Waals surface area contributed by atoms with E-state index in [1.807, 2.05) is 12.1 Å². The van der Waals surface area contributed by atoms with E-state index >= 15 is 0 Å². The van der Waals surface area contributed by atoms with Gasteiger partial charge in [0, 0.05) is 0 Å². The van der Waals surface area contributed by atoms with Crippen LogP contribution in [-0.2, 0) is 15.1 Å². The number of hydrogen-bond acceptors (Lipinski definition) is 4. The summed E-state index contributed by atoms with van der Waals surface area (Å²) in [6, 6.07) is 17.3. The largest absolute Gasteiger partial charge is 0.388 e. The number of carbonyl (C=O) groups excluding carboxylic acids is 1. The first-order valence-electron chi connectivity index (χ1n) is 13.5. The highest BCUT2D eigenvalue weighted by atomic mass is 16.5. The number of aliphatic hydroxyl groups is 2. The van der Waals surface area contributed by atoms with Gasteiger partial charge in [0.1, 0.15) is 6.10 Å². The van der Waals surface area contributed by atoms with Crippen molar-refractivity contribution < 1.29 is 19.7 Å². The maximum absolute atomic E-state index is 13.4. The van der Waals surface area contributed by atoms with Crippen molar-refractivity contribution in [2.24, 2.45) is 0 Å². The molecule has 0 aliphatic carbocycles. The van der Waals surface area contributed by atoms with Gasteiger partial charge < -0.3 is 20.3 Å². The van der Waals surface area contributed by atoms with Crippen LogP contribution in [0.1, 0.15) is 88.7 Å². The fourth-order valence-corrected chi connectivity index (χ4v) is 4.96. The normalized spacial score (nSPS) is 20.1. The van der Waals surface area contributed by atoms with Gasteiger partial charge in [-0.1, -0.05) is 132 Å². The monoisotopic (exact) mass is 481 g/mol. The van der Waals surface area contributed by atoms with Gasteiger partial charge in [-0.15, -0.1) is 0 Å². The summed E-state index contributed by atoms with van der Waals surface area (Å²) in [6.07, 6.45) is 12.4. The highest BCUT2D eigenvalue weighted by molar-refractivity contribution is 5.90. The van der Waals surface area contributed by atoms with Crippen molar-refractivity contribution in [1.82, 2.24) is 5.32 Å². The second-order valence-corrected chi connectivity index (χ2v) is 9.86. The zero-order valence-corrected chi connectivity index (χ0v) is 21.2. The lowest BCUT2D eigenvalue weighted by atomic mass is 9.85. The van der Waals surface area contributed by atoms with Crippen LogP contribution in [0.4, 0.5) is 0 Å². The summed E-state index contributed by atoms with van der Waals surface area (Å²) in [4.78, 5) is 13.4. The summed E-state index contributed by atoms with van der Waals surface area (Å²) in [6.45, 7) is 2.49. The number of benzene rings is 2. The minimum Gasteiger partial charge on any atom is -0.388 e. The van der Waals surface area contributed by atoms with E-state index in [-0.39, 0.29) is 12.7 Å². The van der Waals surface area contributed by atoms with Crippen molar-refractivity contribution in [3.63, 3.8) is 0 Å². The number of nitrogens with one attached hydrogen (secondary N) is 1. The van der Waals surface area contributed by atoms with Gasteiger partial charge in [0.2, 0.25) is 0 Å². The molecular weight excluding hydrogens is 438 g/mol. The minimum atomic E-state index is -1.85. The average Bonchev–Trinajstić information content (AvgIpc) is 3.24. The Morgan fingerprint density at radius 2 is 1.34 bits per heavy atom. The topological polar surface area (TPSA) is 78.8 Å². The lowest BCUT2D eigenvalue weighted by Gasteiger charge is -2.30. The molecule has 0 radical (unpaired) electrons. The second-order valence-electron chi connectivity index (χ2n) is 9.86. The van der Waals surface area contributed by atoms with E-state index in [0.29, 0.717) is 11.1 Å².